The van der Waals surface area contributed by atoms with Crippen LogP contribution >= 0.6 is 0 Å². The molecule has 0 aliphatic rings. The van der Waals surface area contributed by atoms with Gasteiger partial charge in [-0.1, -0.05) is 0 Å². The number of amides is 6. The third-order valence-corrected chi connectivity index (χ3v) is 1.27. The molecule has 10 nitrogen and oxygen atoms in total. The van der Waals surface area contributed by atoms with Crippen LogP contribution in [0.4, 0.5) is 19.2 Å². The summed E-state index contributed by atoms with van der Waals surface area (Å²) in [5.41, 5.74) is 3.60. The molecule has 10 heteroatoms. The predicted octanol–water partition coefficient (Wildman–Crippen LogP) is -0.187. The Hall–Kier alpha value is -2.52. The average molecular weight is 262 g/mol. The summed E-state index contributed by atoms with van der Waals surface area (Å²) in [4.78, 5) is 43.5. The number of hydrogen-bond donors (Lipinski definition) is 4. The molecule has 0 unspecified atom stereocenters. The average Bonchev–Trinajstić information content (AvgIpc) is 2.27. The lowest BCUT2D eigenvalue weighted by atomic mass is 10.8. The Bertz CT molecular complexity index is 300. The molecule has 0 aliphatic carbocycles. The molecular weight excluding hydrogens is 248 g/mol. The van der Waals surface area contributed by atoms with E-state index in [9.17, 15) is 19.2 Å². The van der Waals surface area contributed by atoms with E-state index in [0.717, 1.165) is 0 Å². The van der Waals surface area contributed by atoms with E-state index in [1.807, 2.05) is 0 Å². The maximum Gasteiger partial charge on any atom is 0.415 e. The highest BCUT2D eigenvalue weighted by atomic mass is 16.6. The van der Waals surface area contributed by atoms with E-state index in [1.54, 1.807) is 35.3 Å². The number of rotatable bonds is 2. The molecule has 0 fully saturated rings. The second-order valence-corrected chi connectivity index (χ2v) is 2.60. The van der Waals surface area contributed by atoms with Crippen molar-refractivity contribution >= 4 is 24.2 Å². The summed E-state index contributed by atoms with van der Waals surface area (Å²) in [7, 11) is 0. The summed E-state index contributed by atoms with van der Waals surface area (Å²) in [5, 5.41) is 3.49. The standard InChI is InChI=1S/C8H14N4O6/c1-3-17-7(15)9-5(13)11-12-6(14)10-8(16)18-4-2/h3-4H2,1-2H3,(H2,9,11,13,15)(H2,10,12,14,16). The maximum absolute atomic E-state index is 11.0. The summed E-state index contributed by atoms with van der Waals surface area (Å²) in [5.74, 6) is 0. The summed E-state index contributed by atoms with van der Waals surface area (Å²) < 4.78 is 8.81. The number of carbonyl (C=O) groups is 4. The van der Waals surface area contributed by atoms with Gasteiger partial charge in [0.15, 0.2) is 0 Å². The van der Waals surface area contributed by atoms with Crippen molar-refractivity contribution in [1.82, 2.24) is 21.5 Å². The molecule has 0 aromatic heterocycles. The van der Waals surface area contributed by atoms with Gasteiger partial charge in [-0.3, -0.25) is 0 Å². The van der Waals surface area contributed by atoms with Gasteiger partial charge in [0.25, 0.3) is 0 Å². The van der Waals surface area contributed by atoms with Crippen molar-refractivity contribution in [3.63, 3.8) is 0 Å². The number of ether oxygens (including phenoxy) is 2. The molecular formula is C8H14N4O6. The fourth-order valence-corrected chi connectivity index (χ4v) is 0.696. The predicted molar refractivity (Wildman–Crippen MR) is 57.4 cm³/mol. The number of hydrazine groups is 1. The summed E-state index contributed by atoms with van der Waals surface area (Å²) >= 11 is 0. The van der Waals surface area contributed by atoms with Gasteiger partial charge >= 0.3 is 24.2 Å². The highest BCUT2D eigenvalue weighted by Gasteiger charge is 2.10. The highest BCUT2D eigenvalue weighted by Crippen LogP contribution is 1.77. The number of nitrogens with one attached hydrogen (secondary N) is 4. The normalized spacial score (nSPS) is 8.78. The van der Waals surface area contributed by atoms with Crippen LogP contribution in [-0.4, -0.2) is 37.5 Å². The van der Waals surface area contributed by atoms with E-state index in [2.05, 4.69) is 9.47 Å². The van der Waals surface area contributed by atoms with Crippen molar-refractivity contribution in [1.29, 1.82) is 0 Å². The minimum Gasteiger partial charge on any atom is -0.450 e. The Kier molecular flexibility index (Phi) is 7.41. The fraction of sp³-hybridized carbons (Fsp3) is 0.500. The van der Waals surface area contributed by atoms with Crippen molar-refractivity contribution in [2.24, 2.45) is 0 Å². The minimum absolute atomic E-state index is 0.0931. The third kappa shape index (κ3) is 7.73. The largest absolute Gasteiger partial charge is 0.450 e. The first kappa shape index (κ1) is 15.5. The Morgan fingerprint density at radius 1 is 0.778 bits per heavy atom. The van der Waals surface area contributed by atoms with Crippen molar-refractivity contribution in [3.05, 3.63) is 0 Å². The van der Waals surface area contributed by atoms with E-state index in [1.165, 1.54) is 0 Å². The quantitative estimate of drug-likeness (QED) is 0.509. The second kappa shape index (κ2) is 8.61. The molecule has 102 valence electrons. The topological polar surface area (TPSA) is 135 Å². The zero-order valence-electron chi connectivity index (χ0n) is 9.86. The van der Waals surface area contributed by atoms with E-state index >= 15 is 0 Å². The van der Waals surface area contributed by atoms with Crippen LogP contribution in [0.25, 0.3) is 0 Å². The lowest BCUT2D eigenvalue weighted by Crippen LogP contribution is -2.52. The van der Waals surface area contributed by atoms with Gasteiger partial charge in [-0.25, -0.2) is 40.7 Å². The molecule has 0 aromatic carbocycles. The highest BCUT2D eigenvalue weighted by molar-refractivity contribution is 5.94. The lowest BCUT2D eigenvalue weighted by molar-refractivity contribution is 0.149. The first-order chi connectivity index (χ1) is 8.49. The number of imide groups is 2. The van der Waals surface area contributed by atoms with Gasteiger partial charge in [-0.15, -0.1) is 0 Å². The van der Waals surface area contributed by atoms with Gasteiger partial charge < -0.3 is 9.47 Å². The van der Waals surface area contributed by atoms with Crippen LogP contribution in [0.1, 0.15) is 13.8 Å². The van der Waals surface area contributed by atoms with E-state index in [4.69, 9.17) is 0 Å². The monoisotopic (exact) mass is 262 g/mol. The number of carbonyl (C=O) groups excluding carboxylic acids is 4. The van der Waals surface area contributed by atoms with Crippen molar-refractivity contribution < 1.29 is 28.7 Å². The molecule has 0 bridgehead atoms. The molecule has 6 amide bonds. The molecule has 0 saturated heterocycles. The molecule has 0 rings (SSSR count). The van der Waals surface area contributed by atoms with Crippen LogP contribution in [0, 0.1) is 0 Å². The Balaban J connectivity index is 3.81. The molecule has 0 aliphatic heterocycles. The SMILES string of the molecule is CCOC(=O)NC(=O)NNC(=O)NC(=O)OCC. The zero-order chi connectivity index (χ0) is 14.0. The summed E-state index contributed by atoms with van der Waals surface area (Å²) in [6.07, 6.45) is -1.94. The third-order valence-electron chi connectivity index (χ3n) is 1.27. The molecule has 18 heavy (non-hydrogen) atoms. The summed E-state index contributed by atoms with van der Waals surface area (Å²) in [6, 6.07) is -2.04. The van der Waals surface area contributed by atoms with E-state index in [-0.39, 0.29) is 13.2 Å². The molecule has 0 spiro atoms. The van der Waals surface area contributed by atoms with Gasteiger partial charge in [-0.2, -0.15) is 0 Å². The van der Waals surface area contributed by atoms with E-state index in [0.29, 0.717) is 0 Å². The number of hydrogen-bond acceptors (Lipinski definition) is 6. The molecule has 0 aromatic rings. The van der Waals surface area contributed by atoms with Crippen LogP contribution in [0.3, 0.4) is 0 Å². The Morgan fingerprint density at radius 2 is 1.11 bits per heavy atom. The second-order valence-electron chi connectivity index (χ2n) is 2.60. The van der Waals surface area contributed by atoms with Crippen LogP contribution in [0.2, 0.25) is 0 Å². The molecule has 0 heterocycles. The number of alkyl carbamates (subject to hydrolysis) is 2. The van der Waals surface area contributed by atoms with Crippen molar-refractivity contribution in [2.75, 3.05) is 13.2 Å². The van der Waals surface area contributed by atoms with Gasteiger partial charge in [-0.05, 0) is 13.8 Å². The Morgan fingerprint density at radius 3 is 1.39 bits per heavy atom. The first-order valence-corrected chi connectivity index (χ1v) is 4.97. The smallest absolute Gasteiger partial charge is 0.415 e. The van der Waals surface area contributed by atoms with Crippen LogP contribution in [0.5, 0.6) is 0 Å². The maximum atomic E-state index is 11.0. The lowest BCUT2D eigenvalue weighted by Gasteiger charge is -2.08. The molecule has 0 saturated carbocycles. The first-order valence-electron chi connectivity index (χ1n) is 4.97. The van der Waals surface area contributed by atoms with E-state index < -0.39 is 24.2 Å². The molecule has 0 atom stereocenters. The van der Waals surface area contributed by atoms with Gasteiger partial charge in [0.2, 0.25) is 0 Å². The van der Waals surface area contributed by atoms with Crippen molar-refractivity contribution in [2.45, 2.75) is 13.8 Å². The van der Waals surface area contributed by atoms with Gasteiger partial charge in [0.1, 0.15) is 0 Å². The van der Waals surface area contributed by atoms with Crippen molar-refractivity contribution in [3.8, 4) is 0 Å². The zero-order valence-corrected chi connectivity index (χ0v) is 9.86. The van der Waals surface area contributed by atoms with Crippen LogP contribution in [0.15, 0.2) is 0 Å². The van der Waals surface area contributed by atoms with Crippen LogP contribution in [-0.2, 0) is 9.47 Å². The molecule has 0 radical (unpaired) electrons. The summed E-state index contributed by atoms with van der Waals surface area (Å²) in [6.45, 7) is 3.30. The van der Waals surface area contributed by atoms with Crippen LogP contribution < -0.4 is 21.5 Å². The fourth-order valence-electron chi connectivity index (χ4n) is 0.696. The van der Waals surface area contributed by atoms with Gasteiger partial charge in [0.05, 0.1) is 13.2 Å². The number of urea groups is 2. The Labute approximate surface area is 102 Å². The molecule has 4 N–H and O–H groups in total. The minimum atomic E-state index is -1.02. The van der Waals surface area contributed by atoms with Gasteiger partial charge in [0, 0.05) is 0 Å².